The molecule has 1 aromatic heterocycles. The molecule has 8 heteroatoms. The van der Waals surface area contributed by atoms with E-state index in [0.29, 0.717) is 28.5 Å². The van der Waals surface area contributed by atoms with Crippen molar-refractivity contribution >= 4 is 23.0 Å². The zero-order chi connectivity index (χ0) is 16.2. The van der Waals surface area contributed by atoms with Crippen molar-refractivity contribution in [2.75, 3.05) is 5.32 Å². The lowest BCUT2D eigenvalue weighted by Crippen LogP contribution is -2.01. The van der Waals surface area contributed by atoms with Crippen LogP contribution in [0.1, 0.15) is 21.9 Å². The van der Waals surface area contributed by atoms with Gasteiger partial charge in [-0.15, -0.1) is 11.3 Å². The highest BCUT2D eigenvalue weighted by Gasteiger charge is 2.33. The zero-order valence-electron chi connectivity index (χ0n) is 11.4. The fraction of sp³-hybridized carbons (Fsp3) is 0.286. The Kier molecular flexibility index (Phi) is 5.02. The molecule has 0 unspecified atom stereocenters. The average molecular weight is 330 g/mol. The number of hydrogen-bond donors (Lipinski definition) is 2. The van der Waals surface area contributed by atoms with Gasteiger partial charge in [-0.2, -0.15) is 13.2 Å². The van der Waals surface area contributed by atoms with Crippen molar-refractivity contribution in [2.45, 2.75) is 25.6 Å². The molecule has 0 aliphatic rings. The Labute approximate surface area is 128 Å². The van der Waals surface area contributed by atoms with Gasteiger partial charge < -0.3 is 10.4 Å². The van der Waals surface area contributed by atoms with Gasteiger partial charge in [-0.1, -0.05) is 12.1 Å². The Hall–Kier alpha value is -2.09. The van der Waals surface area contributed by atoms with Crippen LogP contribution in [0.25, 0.3) is 0 Å². The van der Waals surface area contributed by atoms with Crippen LogP contribution in [0.3, 0.4) is 0 Å². The molecular weight excluding hydrogens is 317 g/mol. The third-order valence-corrected chi connectivity index (χ3v) is 3.87. The van der Waals surface area contributed by atoms with Crippen LogP contribution in [0.5, 0.6) is 0 Å². The molecule has 0 fully saturated rings. The molecule has 2 aromatic rings. The van der Waals surface area contributed by atoms with E-state index in [0.717, 1.165) is 11.8 Å². The van der Waals surface area contributed by atoms with E-state index in [-0.39, 0.29) is 13.0 Å². The third-order valence-electron chi connectivity index (χ3n) is 2.83. The highest BCUT2D eigenvalue weighted by atomic mass is 32.1. The van der Waals surface area contributed by atoms with Gasteiger partial charge in [-0.25, -0.2) is 4.98 Å². The number of benzene rings is 1. The lowest BCUT2D eigenvalue weighted by atomic mass is 10.1. The number of carboxylic acids is 1. The van der Waals surface area contributed by atoms with E-state index < -0.39 is 17.0 Å². The van der Waals surface area contributed by atoms with Gasteiger partial charge >= 0.3 is 12.1 Å². The van der Waals surface area contributed by atoms with Gasteiger partial charge in [0.1, 0.15) is 9.88 Å². The normalized spacial score (nSPS) is 11.4. The van der Waals surface area contributed by atoms with E-state index in [4.69, 9.17) is 5.11 Å². The van der Waals surface area contributed by atoms with E-state index in [1.807, 2.05) is 0 Å². The molecule has 0 aliphatic heterocycles. The Morgan fingerprint density at radius 3 is 2.77 bits per heavy atom. The summed E-state index contributed by atoms with van der Waals surface area (Å²) >= 11 is 0.601. The smallest absolute Gasteiger partial charge is 0.427 e. The van der Waals surface area contributed by atoms with Crippen LogP contribution < -0.4 is 5.32 Å². The van der Waals surface area contributed by atoms with E-state index in [1.54, 1.807) is 24.3 Å². The molecule has 0 spiro atoms. The number of aromatic nitrogens is 1. The summed E-state index contributed by atoms with van der Waals surface area (Å²) in [4.78, 5) is 13.6. The first-order valence-corrected chi connectivity index (χ1v) is 7.23. The minimum Gasteiger partial charge on any atom is -0.481 e. The fourth-order valence-electron chi connectivity index (χ4n) is 1.79. The van der Waals surface area contributed by atoms with E-state index in [2.05, 4.69) is 10.3 Å². The summed E-state index contributed by atoms with van der Waals surface area (Å²) < 4.78 is 37.4. The first kappa shape index (κ1) is 16.3. The summed E-state index contributed by atoms with van der Waals surface area (Å²) in [5.41, 5.74) is 1.56. The summed E-state index contributed by atoms with van der Waals surface area (Å²) in [6.07, 6.45) is -3.11. The number of nitrogens with one attached hydrogen (secondary N) is 1. The van der Waals surface area contributed by atoms with Gasteiger partial charge in [0.05, 0.1) is 12.7 Å². The Balaban J connectivity index is 1.95. The van der Waals surface area contributed by atoms with Crippen molar-refractivity contribution < 1.29 is 23.1 Å². The highest BCUT2D eigenvalue weighted by Crippen LogP contribution is 2.33. The monoisotopic (exact) mass is 330 g/mol. The predicted molar refractivity (Wildman–Crippen MR) is 76.8 cm³/mol. The minimum absolute atomic E-state index is 0.0326. The SMILES string of the molecule is O=C(O)CCc1cccc(NCc2ncc(C(F)(F)F)s2)c1. The maximum absolute atomic E-state index is 12.5. The molecule has 118 valence electrons. The molecule has 0 atom stereocenters. The summed E-state index contributed by atoms with van der Waals surface area (Å²) in [7, 11) is 0. The second-order valence-corrected chi connectivity index (χ2v) is 5.68. The number of thiazole rings is 1. The van der Waals surface area contributed by atoms with Gasteiger partial charge in [0.2, 0.25) is 0 Å². The van der Waals surface area contributed by atoms with Crippen LogP contribution in [-0.4, -0.2) is 16.1 Å². The molecule has 2 N–H and O–H groups in total. The van der Waals surface area contributed by atoms with E-state index >= 15 is 0 Å². The average Bonchev–Trinajstić information content (AvgIpc) is 2.92. The molecule has 4 nitrogen and oxygen atoms in total. The zero-order valence-corrected chi connectivity index (χ0v) is 12.2. The van der Waals surface area contributed by atoms with Gasteiger partial charge in [0.15, 0.2) is 0 Å². The Bertz CT molecular complexity index is 656. The van der Waals surface area contributed by atoms with Crippen molar-refractivity contribution in [3.05, 3.63) is 45.9 Å². The molecule has 0 aliphatic carbocycles. The first-order valence-electron chi connectivity index (χ1n) is 6.41. The van der Waals surface area contributed by atoms with Gasteiger partial charge in [-0.05, 0) is 24.1 Å². The molecule has 1 aromatic carbocycles. The summed E-state index contributed by atoms with van der Waals surface area (Å²) in [6.45, 7) is 0.184. The van der Waals surface area contributed by atoms with Crippen LogP contribution in [-0.2, 0) is 23.9 Å². The lowest BCUT2D eigenvalue weighted by molar-refractivity contribution is -0.137. The largest absolute Gasteiger partial charge is 0.481 e. The van der Waals surface area contributed by atoms with E-state index in [9.17, 15) is 18.0 Å². The number of carboxylic acid groups (broad SMARTS) is 1. The number of anilines is 1. The summed E-state index contributed by atoms with van der Waals surface area (Å²) in [6, 6.07) is 7.12. The van der Waals surface area contributed by atoms with Crippen molar-refractivity contribution in [1.29, 1.82) is 0 Å². The van der Waals surface area contributed by atoms with Gasteiger partial charge in [-0.3, -0.25) is 4.79 Å². The lowest BCUT2D eigenvalue weighted by Gasteiger charge is -2.06. The van der Waals surface area contributed by atoms with Crippen LogP contribution in [0.4, 0.5) is 18.9 Å². The standard InChI is InChI=1S/C14H13F3N2O2S/c15-14(16,17)11-7-19-12(22-11)8-18-10-3-1-2-9(6-10)4-5-13(20)21/h1-3,6-7,18H,4-5,8H2,(H,20,21). The quantitative estimate of drug-likeness (QED) is 0.846. The maximum atomic E-state index is 12.5. The molecule has 0 bridgehead atoms. The summed E-state index contributed by atoms with van der Waals surface area (Å²) in [5.74, 6) is -0.874. The number of hydrogen-bond acceptors (Lipinski definition) is 4. The second-order valence-electron chi connectivity index (χ2n) is 4.56. The van der Waals surface area contributed by atoms with Crippen LogP contribution in [0.2, 0.25) is 0 Å². The number of halogens is 3. The molecule has 1 heterocycles. The van der Waals surface area contributed by atoms with Crippen LogP contribution in [0, 0.1) is 0 Å². The van der Waals surface area contributed by atoms with Crippen molar-refractivity contribution in [2.24, 2.45) is 0 Å². The molecule has 0 amide bonds. The van der Waals surface area contributed by atoms with E-state index in [1.165, 1.54) is 0 Å². The second kappa shape index (κ2) is 6.78. The van der Waals surface area contributed by atoms with Crippen molar-refractivity contribution in [1.82, 2.24) is 4.98 Å². The highest BCUT2D eigenvalue weighted by molar-refractivity contribution is 7.11. The Morgan fingerprint density at radius 2 is 2.14 bits per heavy atom. The fourth-order valence-corrected chi connectivity index (χ4v) is 2.51. The number of nitrogens with zero attached hydrogens (tertiary/aromatic N) is 1. The maximum Gasteiger partial charge on any atom is 0.427 e. The number of aliphatic carboxylic acids is 1. The number of alkyl halides is 3. The van der Waals surface area contributed by atoms with Gasteiger partial charge in [0, 0.05) is 12.1 Å². The molecular formula is C14H13F3N2O2S. The third kappa shape index (κ3) is 4.73. The number of rotatable bonds is 6. The van der Waals surface area contributed by atoms with Crippen molar-refractivity contribution in [3.63, 3.8) is 0 Å². The molecule has 0 radical (unpaired) electrons. The Morgan fingerprint density at radius 1 is 1.36 bits per heavy atom. The molecule has 2 rings (SSSR count). The number of carbonyl (C=O) groups is 1. The minimum atomic E-state index is -4.37. The molecule has 0 saturated heterocycles. The van der Waals surface area contributed by atoms with Crippen LogP contribution >= 0.6 is 11.3 Å². The topological polar surface area (TPSA) is 62.2 Å². The van der Waals surface area contributed by atoms with Crippen LogP contribution in [0.15, 0.2) is 30.5 Å². The molecule has 0 saturated carbocycles. The van der Waals surface area contributed by atoms with Crippen molar-refractivity contribution in [3.8, 4) is 0 Å². The van der Waals surface area contributed by atoms with Gasteiger partial charge in [0.25, 0.3) is 0 Å². The summed E-state index contributed by atoms with van der Waals surface area (Å²) in [5, 5.41) is 12.0. The molecule has 22 heavy (non-hydrogen) atoms. The number of aryl methyl sites for hydroxylation is 1. The first-order chi connectivity index (χ1) is 10.3. The predicted octanol–water partition coefficient (Wildman–Crippen LogP) is 3.79.